The molecule has 1 aromatic rings. The van der Waals surface area contributed by atoms with E-state index in [1.807, 2.05) is 30.6 Å². The van der Waals surface area contributed by atoms with Crippen LogP contribution >= 0.6 is 11.5 Å². The van der Waals surface area contributed by atoms with Crippen LogP contribution in [-0.4, -0.2) is 57.4 Å². The van der Waals surface area contributed by atoms with Crippen molar-refractivity contribution in [1.29, 1.82) is 0 Å². The molecule has 2 amide bonds. The fourth-order valence-corrected chi connectivity index (χ4v) is 4.76. The molecule has 0 radical (unpaired) electrons. The number of likely N-dealkylation sites (tertiary alicyclic amines) is 2. The maximum atomic E-state index is 13.0. The van der Waals surface area contributed by atoms with Crippen LogP contribution in [0.1, 0.15) is 67.7 Å². The van der Waals surface area contributed by atoms with Gasteiger partial charge in [0.05, 0.1) is 5.69 Å². The molecule has 0 aromatic carbocycles. The van der Waals surface area contributed by atoms with Gasteiger partial charge in [-0.2, -0.15) is 0 Å². The van der Waals surface area contributed by atoms with Gasteiger partial charge in [-0.3, -0.25) is 9.59 Å². The zero-order valence-corrected chi connectivity index (χ0v) is 15.6. The normalized spacial score (nSPS) is 24.9. The molecule has 2 aliphatic heterocycles. The molecule has 0 saturated carbocycles. The number of hydrogen-bond donors (Lipinski definition) is 0. The lowest BCUT2D eigenvalue weighted by molar-refractivity contribution is -0.138. The molecular formula is C17H26N4O2S. The average Bonchev–Trinajstić information content (AvgIpc) is 3.07. The SMILES string of the molecule is CCN1CC2(CCCN(C(=O)c3snnc3C(C)C)C2)CCC1=O. The van der Waals surface area contributed by atoms with E-state index in [4.69, 9.17) is 0 Å². The summed E-state index contributed by atoms with van der Waals surface area (Å²) in [6.07, 6.45) is 3.60. The molecule has 24 heavy (non-hydrogen) atoms. The molecule has 1 spiro atoms. The molecule has 0 N–H and O–H groups in total. The maximum Gasteiger partial charge on any atom is 0.267 e. The second-order valence-corrected chi connectivity index (χ2v) is 8.13. The fourth-order valence-electron chi connectivity index (χ4n) is 3.97. The molecule has 2 aliphatic rings. The van der Waals surface area contributed by atoms with Crippen molar-refractivity contribution in [3.63, 3.8) is 0 Å². The van der Waals surface area contributed by atoms with Gasteiger partial charge in [0.25, 0.3) is 5.91 Å². The number of piperidine rings is 2. The van der Waals surface area contributed by atoms with Crippen molar-refractivity contribution in [2.75, 3.05) is 26.2 Å². The van der Waals surface area contributed by atoms with E-state index in [9.17, 15) is 9.59 Å². The second kappa shape index (κ2) is 6.78. The lowest BCUT2D eigenvalue weighted by Crippen LogP contribution is -2.55. The summed E-state index contributed by atoms with van der Waals surface area (Å²) in [5.74, 6) is 0.511. The van der Waals surface area contributed by atoms with Gasteiger partial charge in [-0.1, -0.05) is 18.3 Å². The number of aromatic nitrogens is 2. The number of rotatable bonds is 3. The van der Waals surface area contributed by atoms with E-state index in [-0.39, 0.29) is 23.1 Å². The van der Waals surface area contributed by atoms with Gasteiger partial charge in [0.2, 0.25) is 5.91 Å². The van der Waals surface area contributed by atoms with Crippen LogP contribution in [0, 0.1) is 5.41 Å². The topological polar surface area (TPSA) is 66.4 Å². The van der Waals surface area contributed by atoms with Gasteiger partial charge in [0.15, 0.2) is 0 Å². The van der Waals surface area contributed by atoms with Crippen LogP contribution in [0.3, 0.4) is 0 Å². The minimum absolute atomic E-state index is 0.0627. The predicted octanol–water partition coefficient (Wildman–Crippen LogP) is 2.53. The van der Waals surface area contributed by atoms with Gasteiger partial charge in [-0.25, -0.2) is 0 Å². The molecule has 0 aliphatic carbocycles. The van der Waals surface area contributed by atoms with E-state index in [2.05, 4.69) is 9.59 Å². The minimum Gasteiger partial charge on any atom is -0.342 e. The summed E-state index contributed by atoms with van der Waals surface area (Å²) in [6.45, 7) is 9.17. The summed E-state index contributed by atoms with van der Waals surface area (Å²) in [7, 11) is 0. The smallest absolute Gasteiger partial charge is 0.267 e. The third kappa shape index (κ3) is 3.18. The highest BCUT2D eigenvalue weighted by Gasteiger charge is 2.43. The van der Waals surface area contributed by atoms with Gasteiger partial charge in [-0.15, -0.1) is 5.10 Å². The first kappa shape index (κ1) is 17.3. The zero-order chi connectivity index (χ0) is 17.3. The first-order valence-corrected chi connectivity index (χ1v) is 9.62. The van der Waals surface area contributed by atoms with Crippen molar-refractivity contribution in [3.05, 3.63) is 10.6 Å². The molecule has 7 heteroatoms. The van der Waals surface area contributed by atoms with Gasteiger partial charge < -0.3 is 9.80 Å². The van der Waals surface area contributed by atoms with Crippen molar-refractivity contribution in [2.24, 2.45) is 5.41 Å². The van der Waals surface area contributed by atoms with Gasteiger partial charge in [-0.05, 0) is 43.6 Å². The molecule has 1 aromatic heterocycles. The van der Waals surface area contributed by atoms with Gasteiger partial charge in [0, 0.05) is 38.0 Å². The van der Waals surface area contributed by atoms with Gasteiger partial charge in [0.1, 0.15) is 4.88 Å². The highest BCUT2D eigenvalue weighted by atomic mass is 32.1. The third-order valence-corrected chi connectivity index (χ3v) is 6.06. The Morgan fingerprint density at radius 3 is 2.83 bits per heavy atom. The number of amides is 2. The van der Waals surface area contributed by atoms with Crippen LogP contribution in [0.2, 0.25) is 0 Å². The summed E-state index contributed by atoms with van der Waals surface area (Å²) in [5, 5.41) is 4.14. The first-order chi connectivity index (χ1) is 11.5. The first-order valence-electron chi connectivity index (χ1n) is 8.85. The molecule has 3 rings (SSSR count). The van der Waals surface area contributed by atoms with Crippen LogP contribution in [0.25, 0.3) is 0 Å². The number of nitrogens with zero attached hydrogens (tertiary/aromatic N) is 4. The summed E-state index contributed by atoms with van der Waals surface area (Å²) < 4.78 is 3.99. The highest BCUT2D eigenvalue weighted by Crippen LogP contribution is 2.39. The standard InChI is InChI=1S/C17H26N4O2S/c1-4-20-10-17(8-6-13(20)22)7-5-9-21(11-17)16(23)15-14(12(2)3)18-19-24-15/h12H,4-11H2,1-3H3. The van der Waals surface area contributed by atoms with E-state index in [0.717, 1.165) is 51.1 Å². The molecule has 6 nitrogen and oxygen atoms in total. The van der Waals surface area contributed by atoms with Crippen molar-refractivity contribution in [1.82, 2.24) is 19.4 Å². The minimum atomic E-state index is 0.0627. The second-order valence-electron chi connectivity index (χ2n) is 7.38. The average molecular weight is 350 g/mol. The Hall–Kier alpha value is -1.50. The van der Waals surface area contributed by atoms with E-state index < -0.39 is 0 Å². The Labute approximate surface area is 147 Å². The Bertz CT molecular complexity index is 630. The molecule has 3 heterocycles. The Morgan fingerprint density at radius 2 is 2.12 bits per heavy atom. The quantitative estimate of drug-likeness (QED) is 0.840. The van der Waals surface area contributed by atoms with Crippen LogP contribution in [0.15, 0.2) is 0 Å². The fraction of sp³-hybridized carbons (Fsp3) is 0.765. The predicted molar refractivity (Wildman–Crippen MR) is 93.1 cm³/mol. The lowest BCUT2D eigenvalue weighted by atomic mass is 9.73. The van der Waals surface area contributed by atoms with Crippen molar-refractivity contribution in [3.8, 4) is 0 Å². The largest absolute Gasteiger partial charge is 0.342 e. The van der Waals surface area contributed by atoms with Crippen molar-refractivity contribution >= 4 is 23.3 Å². The molecule has 1 atom stereocenters. The molecule has 2 saturated heterocycles. The molecule has 0 bridgehead atoms. The summed E-state index contributed by atoms with van der Waals surface area (Å²) in [6, 6.07) is 0. The number of hydrogen-bond acceptors (Lipinski definition) is 5. The lowest BCUT2D eigenvalue weighted by Gasteiger charge is -2.48. The van der Waals surface area contributed by atoms with E-state index in [1.54, 1.807) is 0 Å². The Balaban J connectivity index is 1.77. The van der Waals surface area contributed by atoms with Gasteiger partial charge >= 0.3 is 0 Å². The van der Waals surface area contributed by atoms with Crippen molar-refractivity contribution in [2.45, 2.75) is 52.4 Å². The zero-order valence-electron chi connectivity index (χ0n) is 14.7. The van der Waals surface area contributed by atoms with E-state index >= 15 is 0 Å². The highest BCUT2D eigenvalue weighted by molar-refractivity contribution is 7.08. The summed E-state index contributed by atoms with van der Waals surface area (Å²) >= 11 is 1.20. The van der Waals surface area contributed by atoms with Crippen LogP contribution < -0.4 is 0 Å². The molecule has 2 fully saturated rings. The molecule has 1 unspecified atom stereocenters. The van der Waals surface area contributed by atoms with Crippen LogP contribution in [-0.2, 0) is 4.79 Å². The molecular weight excluding hydrogens is 324 g/mol. The van der Waals surface area contributed by atoms with Crippen LogP contribution in [0.4, 0.5) is 0 Å². The van der Waals surface area contributed by atoms with Crippen LogP contribution in [0.5, 0.6) is 0 Å². The van der Waals surface area contributed by atoms with Crippen molar-refractivity contribution < 1.29 is 9.59 Å². The number of carbonyl (C=O) groups is 2. The maximum absolute atomic E-state index is 13.0. The summed E-state index contributed by atoms with van der Waals surface area (Å²) in [4.78, 5) is 29.6. The molecule has 132 valence electrons. The summed E-state index contributed by atoms with van der Waals surface area (Å²) in [5.41, 5.74) is 0.868. The number of carbonyl (C=O) groups excluding carboxylic acids is 2. The Kier molecular flexibility index (Phi) is 4.90. The Morgan fingerprint density at radius 1 is 1.33 bits per heavy atom. The third-order valence-electron chi connectivity index (χ3n) is 5.33. The van der Waals surface area contributed by atoms with E-state index in [0.29, 0.717) is 11.3 Å². The van der Waals surface area contributed by atoms with E-state index in [1.165, 1.54) is 11.5 Å². The monoisotopic (exact) mass is 350 g/mol.